The van der Waals surface area contributed by atoms with Crippen LogP contribution in [0.2, 0.25) is 0 Å². The van der Waals surface area contributed by atoms with Crippen LogP contribution in [0.4, 0.5) is 0 Å². The molecule has 120 valence electrons. The Kier molecular flexibility index (Phi) is 6.19. The second-order valence-electron chi connectivity index (χ2n) is 5.42. The minimum absolute atomic E-state index is 0.173. The van der Waals surface area contributed by atoms with E-state index in [4.69, 9.17) is 4.42 Å². The highest BCUT2D eigenvalue weighted by Gasteiger charge is 2.24. The third kappa shape index (κ3) is 5.28. The van der Waals surface area contributed by atoms with E-state index in [2.05, 4.69) is 26.0 Å². The summed E-state index contributed by atoms with van der Waals surface area (Å²) in [5.41, 5.74) is 0. The van der Waals surface area contributed by atoms with Crippen LogP contribution in [0.15, 0.2) is 20.0 Å². The number of nitrogens with one attached hydrogen (secondary N) is 2. The van der Waals surface area contributed by atoms with Gasteiger partial charge >= 0.3 is 0 Å². The van der Waals surface area contributed by atoms with Gasteiger partial charge in [-0.3, -0.25) is 0 Å². The second-order valence-corrected chi connectivity index (χ2v) is 8.78. The molecule has 1 aromatic rings. The molecule has 1 aliphatic rings. The fourth-order valence-electron chi connectivity index (χ4n) is 1.87. The van der Waals surface area contributed by atoms with Gasteiger partial charge in [-0.1, -0.05) is 6.92 Å². The molecule has 0 radical (unpaired) electrons. The number of hydrogen-bond donors (Lipinski definition) is 2. The lowest BCUT2D eigenvalue weighted by atomic mass is 10.2. The molecule has 0 saturated heterocycles. The third-order valence-electron chi connectivity index (χ3n) is 3.21. The molecule has 0 bridgehead atoms. The highest BCUT2D eigenvalue weighted by Crippen LogP contribution is 2.27. The van der Waals surface area contributed by atoms with Crippen molar-refractivity contribution in [3.63, 3.8) is 0 Å². The summed E-state index contributed by atoms with van der Waals surface area (Å²) < 4.78 is 33.0. The van der Waals surface area contributed by atoms with Crippen LogP contribution in [-0.4, -0.2) is 33.0 Å². The Morgan fingerprint density at radius 1 is 1.52 bits per heavy atom. The summed E-state index contributed by atoms with van der Waals surface area (Å²) in [6, 6.07) is 2.14. The molecule has 1 aromatic heterocycles. The molecule has 2 rings (SSSR count). The smallest absolute Gasteiger partial charge is 0.244 e. The quantitative estimate of drug-likeness (QED) is 0.670. The van der Waals surface area contributed by atoms with Gasteiger partial charge in [0.2, 0.25) is 10.0 Å². The van der Waals surface area contributed by atoms with E-state index in [0.29, 0.717) is 24.9 Å². The first-order valence-electron chi connectivity index (χ1n) is 6.92. The van der Waals surface area contributed by atoms with Gasteiger partial charge in [0.1, 0.15) is 10.7 Å². The Balaban J connectivity index is 1.97. The topological polar surface area (TPSA) is 71.3 Å². The van der Waals surface area contributed by atoms with Crippen molar-refractivity contribution in [2.75, 3.05) is 18.6 Å². The zero-order chi connectivity index (χ0) is 15.5. The number of sulfonamides is 1. The molecule has 1 atom stereocenters. The highest BCUT2D eigenvalue weighted by atomic mass is 79.9. The number of rotatable bonds is 9. The molecule has 21 heavy (non-hydrogen) atoms. The zero-order valence-electron chi connectivity index (χ0n) is 12.2. The summed E-state index contributed by atoms with van der Waals surface area (Å²) in [5, 5.41) is 3.30. The Morgan fingerprint density at radius 3 is 2.86 bits per heavy atom. The van der Waals surface area contributed by atoms with E-state index in [-0.39, 0.29) is 15.5 Å². The first-order valence-corrected chi connectivity index (χ1v) is 10.6. The van der Waals surface area contributed by atoms with E-state index in [1.54, 1.807) is 17.8 Å². The first-order chi connectivity index (χ1) is 9.92. The van der Waals surface area contributed by atoms with Crippen molar-refractivity contribution in [1.29, 1.82) is 0 Å². The van der Waals surface area contributed by atoms with Crippen LogP contribution < -0.4 is 10.0 Å². The van der Waals surface area contributed by atoms with Gasteiger partial charge in [-0.05, 0) is 46.7 Å². The maximum atomic E-state index is 12.3. The summed E-state index contributed by atoms with van der Waals surface area (Å²) in [6.07, 6.45) is 4.38. The summed E-state index contributed by atoms with van der Waals surface area (Å²) in [7, 11) is -3.53. The maximum absolute atomic E-state index is 12.3. The van der Waals surface area contributed by atoms with Gasteiger partial charge in [0, 0.05) is 18.7 Å². The highest BCUT2D eigenvalue weighted by molar-refractivity contribution is 9.10. The third-order valence-corrected chi connectivity index (χ3v) is 6.39. The van der Waals surface area contributed by atoms with Gasteiger partial charge in [-0.2, -0.15) is 11.8 Å². The molecule has 1 fully saturated rings. The molecular formula is C13H21BrN2O3S2. The predicted molar refractivity (Wildman–Crippen MR) is 89.0 cm³/mol. The molecule has 5 nitrogen and oxygen atoms in total. The van der Waals surface area contributed by atoms with Crippen LogP contribution in [0.3, 0.4) is 0 Å². The van der Waals surface area contributed by atoms with E-state index in [9.17, 15) is 8.42 Å². The Labute approximate surface area is 138 Å². The van der Waals surface area contributed by atoms with Crippen LogP contribution >= 0.6 is 27.7 Å². The van der Waals surface area contributed by atoms with E-state index < -0.39 is 10.0 Å². The van der Waals surface area contributed by atoms with Crippen LogP contribution in [0.5, 0.6) is 0 Å². The molecule has 2 N–H and O–H groups in total. The van der Waals surface area contributed by atoms with Gasteiger partial charge in [-0.15, -0.1) is 0 Å². The summed E-state index contributed by atoms with van der Waals surface area (Å²) in [4.78, 5) is 0.173. The molecule has 1 unspecified atom stereocenters. The number of hydrogen-bond acceptors (Lipinski definition) is 5. The lowest BCUT2D eigenvalue weighted by Gasteiger charge is -2.10. The predicted octanol–water partition coefficient (Wildman–Crippen LogP) is 2.57. The summed E-state index contributed by atoms with van der Waals surface area (Å²) in [5.74, 6) is 1.84. The molecule has 1 aliphatic carbocycles. The monoisotopic (exact) mass is 396 g/mol. The minimum Gasteiger partial charge on any atom is -0.452 e. The fourth-order valence-corrected chi connectivity index (χ4v) is 4.72. The SMILES string of the molecule is CSCC(C)CNS(=O)(=O)c1cc(CNC2CC2)oc1Br. The number of furan rings is 1. The van der Waals surface area contributed by atoms with E-state index in [0.717, 1.165) is 5.75 Å². The van der Waals surface area contributed by atoms with Crippen molar-refractivity contribution in [1.82, 2.24) is 10.0 Å². The minimum atomic E-state index is -3.53. The molecule has 0 spiro atoms. The molecule has 1 heterocycles. The van der Waals surface area contributed by atoms with Crippen LogP contribution in [0, 0.1) is 5.92 Å². The van der Waals surface area contributed by atoms with E-state index >= 15 is 0 Å². The largest absolute Gasteiger partial charge is 0.452 e. The van der Waals surface area contributed by atoms with Crippen LogP contribution in [-0.2, 0) is 16.6 Å². The normalized spacial score (nSPS) is 17.1. The number of thioether (sulfide) groups is 1. The Morgan fingerprint density at radius 2 is 2.24 bits per heavy atom. The molecule has 8 heteroatoms. The average molecular weight is 397 g/mol. The molecule has 0 aliphatic heterocycles. The first kappa shape index (κ1) is 17.3. The van der Waals surface area contributed by atoms with Crippen molar-refractivity contribution >= 4 is 37.7 Å². The lowest BCUT2D eigenvalue weighted by molar-refractivity contribution is 0.459. The van der Waals surface area contributed by atoms with Crippen molar-refractivity contribution in [2.45, 2.75) is 37.2 Å². The average Bonchev–Trinajstić information content (AvgIpc) is 3.17. The van der Waals surface area contributed by atoms with Crippen molar-refractivity contribution in [3.05, 3.63) is 16.5 Å². The fraction of sp³-hybridized carbons (Fsp3) is 0.692. The summed E-state index contributed by atoms with van der Waals surface area (Å²) >= 11 is 4.90. The van der Waals surface area contributed by atoms with Gasteiger partial charge < -0.3 is 9.73 Å². The summed E-state index contributed by atoms with van der Waals surface area (Å²) in [6.45, 7) is 3.01. The van der Waals surface area contributed by atoms with Gasteiger partial charge in [0.05, 0.1) is 6.54 Å². The molecule has 0 aromatic carbocycles. The Bertz CT molecular complexity index is 570. The van der Waals surface area contributed by atoms with E-state index in [1.807, 2.05) is 13.2 Å². The number of halogens is 1. The van der Waals surface area contributed by atoms with Crippen LogP contribution in [0.25, 0.3) is 0 Å². The van der Waals surface area contributed by atoms with Gasteiger partial charge in [-0.25, -0.2) is 13.1 Å². The molecule has 0 amide bonds. The standard InChI is InChI=1S/C13H21BrN2O3S2/c1-9(8-20-2)6-16-21(17,18)12-5-11(19-13(12)14)7-15-10-3-4-10/h5,9-10,15-16H,3-4,6-8H2,1-2H3. The van der Waals surface area contributed by atoms with Gasteiger partial charge in [0.25, 0.3) is 0 Å². The molecular weight excluding hydrogens is 376 g/mol. The van der Waals surface area contributed by atoms with Crippen LogP contribution in [0.1, 0.15) is 25.5 Å². The second kappa shape index (κ2) is 7.50. The Hall–Kier alpha value is -0.0200. The zero-order valence-corrected chi connectivity index (χ0v) is 15.4. The van der Waals surface area contributed by atoms with Crippen molar-refractivity contribution < 1.29 is 12.8 Å². The maximum Gasteiger partial charge on any atom is 0.244 e. The van der Waals surface area contributed by atoms with E-state index in [1.165, 1.54) is 12.8 Å². The van der Waals surface area contributed by atoms with Crippen molar-refractivity contribution in [2.24, 2.45) is 5.92 Å². The lowest BCUT2D eigenvalue weighted by Crippen LogP contribution is -2.29. The van der Waals surface area contributed by atoms with Gasteiger partial charge in [0.15, 0.2) is 4.67 Å². The molecule has 1 saturated carbocycles. The van der Waals surface area contributed by atoms with Crippen molar-refractivity contribution in [3.8, 4) is 0 Å².